The average Bonchev–Trinajstić information content (AvgIpc) is 3.64. The number of carbonyl (C=O) groups excluding carboxylic acids is 1. The molecule has 2 aliphatic rings. The molecule has 2 fully saturated rings. The number of benzene rings is 3. The number of hydrogen-bond acceptors (Lipinski definition) is 5. The van der Waals surface area contributed by atoms with Crippen LogP contribution in [-0.4, -0.2) is 27.7 Å². The summed E-state index contributed by atoms with van der Waals surface area (Å²) in [4.78, 5) is 26.8. The predicted octanol–water partition coefficient (Wildman–Crippen LogP) is 6.11. The van der Waals surface area contributed by atoms with E-state index in [1.165, 1.54) is 31.4 Å². The van der Waals surface area contributed by atoms with Gasteiger partial charge >= 0.3 is 0 Å². The lowest BCUT2D eigenvalue weighted by atomic mass is 9.95. The van der Waals surface area contributed by atoms with Crippen LogP contribution in [0.3, 0.4) is 0 Å². The minimum Gasteiger partial charge on any atom is -0.488 e. The summed E-state index contributed by atoms with van der Waals surface area (Å²) in [7, 11) is 0. The normalized spacial score (nSPS) is 22.2. The van der Waals surface area contributed by atoms with Gasteiger partial charge in [-0.05, 0) is 36.1 Å². The van der Waals surface area contributed by atoms with Gasteiger partial charge < -0.3 is 4.74 Å². The van der Waals surface area contributed by atoms with Gasteiger partial charge in [0.1, 0.15) is 12.4 Å². The van der Waals surface area contributed by atoms with E-state index in [-0.39, 0.29) is 23.6 Å². The third-order valence-corrected chi connectivity index (χ3v) is 6.95. The number of para-hydroxylation sites is 1. The molecule has 174 valence electrons. The zero-order valence-corrected chi connectivity index (χ0v) is 19.0. The van der Waals surface area contributed by atoms with E-state index in [1.54, 1.807) is 12.1 Å². The lowest BCUT2D eigenvalue weighted by Gasteiger charge is -2.24. The van der Waals surface area contributed by atoms with Crippen LogP contribution in [0.4, 0.5) is 5.69 Å². The zero-order valence-electron chi connectivity index (χ0n) is 19.0. The van der Waals surface area contributed by atoms with Gasteiger partial charge in [-0.1, -0.05) is 73.9 Å². The highest BCUT2D eigenvalue weighted by Crippen LogP contribution is 2.50. The molecule has 34 heavy (non-hydrogen) atoms. The highest BCUT2D eigenvalue weighted by molar-refractivity contribution is 6.04. The third-order valence-electron chi connectivity index (χ3n) is 6.95. The van der Waals surface area contributed by atoms with Crippen LogP contribution in [0.15, 0.2) is 78.9 Å². The van der Waals surface area contributed by atoms with Crippen LogP contribution in [0, 0.1) is 10.1 Å². The fourth-order valence-electron chi connectivity index (χ4n) is 5.20. The Balaban J connectivity index is 1.40. The van der Waals surface area contributed by atoms with E-state index >= 15 is 0 Å². The Kier molecular flexibility index (Phi) is 6.41. The van der Waals surface area contributed by atoms with E-state index in [2.05, 4.69) is 4.90 Å². The zero-order chi connectivity index (χ0) is 23.5. The maximum Gasteiger partial charge on any atom is 0.269 e. The second-order valence-corrected chi connectivity index (χ2v) is 9.11. The summed E-state index contributed by atoms with van der Waals surface area (Å²) in [5.74, 6) is 0.645. The molecule has 1 aliphatic carbocycles. The van der Waals surface area contributed by atoms with Crippen LogP contribution in [0.2, 0.25) is 0 Å². The number of ketones is 1. The molecule has 1 unspecified atom stereocenters. The van der Waals surface area contributed by atoms with Crippen LogP contribution < -0.4 is 4.74 Å². The molecule has 6 nitrogen and oxygen atoms in total. The van der Waals surface area contributed by atoms with Gasteiger partial charge in [0.25, 0.3) is 5.69 Å². The Morgan fingerprint density at radius 2 is 1.59 bits per heavy atom. The molecule has 3 atom stereocenters. The molecule has 0 spiro atoms. The van der Waals surface area contributed by atoms with Gasteiger partial charge in [0.15, 0.2) is 5.78 Å². The van der Waals surface area contributed by atoms with Crippen molar-refractivity contribution in [2.45, 2.75) is 56.8 Å². The number of nitro benzene ring substituents is 1. The van der Waals surface area contributed by atoms with Gasteiger partial charge in [-0.15, -0.1) is 0 Å². The number of non-ortho nitro benzene ring substituents is 1. The van der Waals surface area contributed by atoms with Crippen LogP contribution in [0.25, 0.3) is 0 Å². The molecule has 0 N–H and O–H groups in total. The summed E-state index contributed by atoms with van der Waals surface area (Å²) in [6.07, 6.45) is 5.75. The lowest BCUT2D eigenvalue weighted by molar-refractivity contribution is -0.384. The van der Waals surface area contributed by atoms with Gasteiger partial charge in [-0.2, -0.15) is 0 Å². The van der Waals surface area contributed by atoms with Crippen molar-refractivity contribution in [2.24, 2.45) is 0 Å². The molecule has 3 aromatic rings. The van der Waals surface area contributed by atoms with Crippen molar-refractivity contribution in [3.8, 4) is 5.75 Å². The Labute approximate surface area is 199 Å². The average molecular weight is 457 g/mol. The van der Waals surface area contributed by atoms with E-state index in [4.69, 9.17) is 4.74 Å². The maximum absolute atomic E-state index is 13.8. The van der Waals surface area contributed by atoms with E-state index in [0.717, 1.165) is 24.0 Å². The largest absolute Gasteiger partial charge is 0.488 e. The van der Waals surface area contributed by atoms with Gasteiger partial charge in [0, 0.05) is 18.2 Å². The first-order valence-electron chi connectivity index (χ1n) is 12.0. The summed E-state index contributed by atoms with van der Waals surface area (Å²) in [6.45, 7) is 0.397. The highest BCUT2D eigenvalue weighted by atomic mass is 16.6. The van der Waals surface area contributed by atoms with Crippen LogP contribution in [-0.2, 0) is 6.61 Å². The summed E-state index contributed by atoms with van der Waals surface area (Å²) in [6, 6.07) is 24.0. The second-order valence-electron chi connectivity index (χ2n) is 9.11. The van der Waals surface area contributed by atoms with E-state index in [1.807, 2.05) is 54.6 Å². The smallest absolute Gasteiger partial charge is 0.269 e. The van der Waals surface area contributed by atoms with Gasteiger partial charge in [-0.25, -0.2) is 0 Å². The first-order chi connectivity index (χ1) is 16.6. The van der Waals surface area contributed by atoms with Crippen molar-refractivity contribution in [3.05, 3.63) is 106 Å². The minimum atomic E-state index is -0.390. The summed E-state index contributed by atoms with van der Waals surface area (Å²) < 4.78 is 6.07. The van der Waals surface area contributed by atoms with E-state index in [9.17, 15) is 14.9 Å². The number of rotatable bonds is 8. The van der Waals surface area contributed by atoms with Crippen molar-refractivity contribution < 1.29 is 14.5 Å². The van der Waals surface area contributed by atoms with Crippen LogP contribution >= 0.6 is 0 Å². The molecule has 0 radical (unpaired) electrons. The highest BCUT2D eigenvalue weighted by Gasteiger charge is 2.56. The van der Waals surface area contributed by atoms with E-state index in [0.29, 0.717) is 24.0 Å². The molecule has 5 rings (SSSR count). The molecule has 1 aliphatic heterocycles. The monoisotopic (exact) mass is 456 g/mol. The summed E-state index contributed by atoms with van der Waals surface area (Å²) >= 11 is 0. The van der Waals surface area contributed by atoms with Gasteiger partial charge in [-0.3, -0.25) is 19.8 Å². The number of Topliss-reactive ketones (excluding diaryl/α,β-unsaturated/α-hetero) is 1. The third kappa shape index (κ3) is 4.59. The number of nitro groups is 1. The number of carbonyl (C=O) groups is 1. The molecule has 0 bridgehead atoms. The van der Waals surface area contributed by atoms with Crippen molar-refractivity contribution in [3.63, 3.8) is 0 Å². The number of nitrogens with zero attached hydrogens (tertiary/aromatic N) is 2. The fraction of sp³-hybridized carbons (Fsp3) is 0.321. The second kappa shape index (κ2) is 9.77. The van der Waals surface area contributed by atoms with Crippen molar-refractivity contribution in [1.29, 1.82) is 0 Å². The number of ether oxygens (including phenoxy) is 1. The Bertz CT molecular complexity index is 1160. The first-order valence-corrected chi connectivity index (χ1v) is 12.0. The molecule has 0 aromatic heterocycles. The standard InChI is InChI=1S/C28H28N2O4/c31-28(24-13-7-8-14-25(24)34-19-20-9-3-1-4-10-20)27-26(29(27)22-11-5-2-6-12-22)21-15-17-23(18-16-21)30(32)33/h1,3-4,7-10,13-18,22,26-27H,2,5-6,11-12,19H2/t26-,27-,29?/m0/s1. The fourth-order valence-corrected chi connectivity index (χ4v) is 5.20. The Morgan fingerprint density at radius 1 is 0.912 bits per heavy atom. The molecular weight excluding hydrogens is 428 g/mol. The molecular formula is C28H28N2O4. The lowest BCUT2D eigenvalue weighted by Crippen LogP contribution is -2.26. The Hall–Kier alpha value is -3.51. The van der Waals surface area contributed by atoms with Crippen LogP contribution in [0.5, 0.6) is 5.75 Å². The molecule has 1 saturated heterocycles. The van der Waals surface area contributed by atoms with E-state index < -0.39 is 4.92 Å². The van der Waals surface area contributed by atoms with Gasteiger partial charge in [0.2, 0.25) is 0 Å². The SMILES string of the molecule is O=C(c1ccccc1OCc1ccccc1)[C@@H]1[C@H](c2ccc([N+](=O)[O-])cc2)N1C1CCCCC1. The molecule has 3 aromatic carbocycles. The maximum atomic E-state index is 13.8. The molecule has 6 heteroatoms. The quantitative estimate of drug-likeness (QED) is 0.177. The van der Waals surface area contributed by atoms with Crippen molar-refractivity contribution >= 4 is 11.5 Å². The Morgan fingerprint density at radius 3 is 2.29 bits per heavy atom. The number of hydrogen-bond donors (Lipinski definition) is 0. The van der Waals surface area contributed by atoms with Crippen molar-refractivity contribution in [2.75, 3.05) is 0 Å². The first kappa shape index (κ1) is 22.3. The molecule has 0 amide bonds. The summed E-state index contributed by atoms with van der Waals surface area (Å²) in [5.41, 5.74) is 2.66. The van der Waals surface area contributed by atoms with Crippen LogP contribution in [0.1, 0.15) is 59.6 Å². The molecule has 1 saturated carbocycles. The summed E-state index contributed by atoms with van der Waals surface area (Å²) in [5, 5.41) is 11.1. The van der Waals surface area contributed by atoms with Gasteiger partial charge in [0.05, 0.1) is 22.6 Å². The predicted molar refractivity (Wildman–Crippen MR) is 130 cm³/mol. The van der Waals surface area contributed by atoms with Crippen molar-refractivity contribution in [1.82, 2.24) is 4.90 Å². The topological polar surface area (TPSA) is 72.5 Å². The minimum absolute atomic E-state index is 0.0533. The molecule has 1 heterocycles.